The average Bonchev–Trinajstić information content (AvgIpc) is 3.03. The van der Waals surface area contributed by atoms with Gasteiger partial charge in [0.1, 0.15) is 17.1 Å². The maximum Gasteiger partial charge on any atom is 0.347 e. The minimum absolute atomic E-state index is 0.106. The number of esters is 2. The van der Waals surface area contributed by atoms with Gasteiger partial charge in [0.25, 0.3) is 11.8 Å². The highest BCUT2D eigenvalue weighted by Crippen LogP contribution is 2.23. The van der Waals surface area contributed by atoms with Crippen molar-refractivity contribution in [1.82, 2.24) is 5.01 Å². The van der Waals surface area contributed by atoms with Gasteiger partial charge in [-0.1, -0.05) is 24.3 Å². The lowest BCUT2D eigenvalue weighted by molar-refractivity contribution is -0.131. The standard InChI is InChI=1S/C24H16N2O6/c1-15(27)31-21-9-5-4-8-20(21)24(30)32-17-12-10-16(11-13-17)14-25-26-22(28)18-6-2-3-7-19(18)23(26)29/h2-14H,1H3/b25-14-. The van der Waals surface area contributed by atoms with E-state index in [0.717, 1.165) is 5.01 Å². The number of hydrogen-bond acceptors (Lipinski definition) is 7. The second-order valence-electron chi connectivity index (χ2n) is 6.76. The Labute approximate surface area is 182 Å². The fourth-order valence-corrected chi connectivity index (χ4v) is 3.07. The van der Waals surface area contributed by atoms with Gasteiger partial charge in [0.05, 0.1) is 17.3 Å². The maximum absolute atomic E-state index is 12.5. The molecule has 0 N–H and O–H groups in total. The maximum atomic E-state index is 12.5. The molecule has 0 unspecified atom stereocenters. The number of hydrogen-bond donors (Lipinski definition) is 0. The molecule has 3 aromatic carbocycles. The Morgan fingerprint density at radius 1 is 0.812 bits per heavy atom. The summed E-state index contributed by atoms with van der Waals surface area (Å²) in [5, 5.41) is 4.81. The number of benzene rings is 3. The smallest absolute Gasteiger partial charge is 0.347 e. The second kappa shape index (κ2) is 8.65. The summed E-state index contributed by atoms with van der Waals surface area (Å²) in [6, 6.07) is 19.1. The Morgan fingerprint density at radius 2 is 1.41 bits per heavy atom. The van der Waals surface area contributed by atoms with E-state index in [1.165, 1.54) is 37.4 Å². The summed E-state index contributed by atoms with van der Waals surface area (Å²) in [4.78, 5) is 48.3. The number of ether oxygens (including phenoxy) is 2. The zero-order valence-corrected chi connectivity index (χ0v) is 16.8. The molecular formula is C24H16N2O6. The van der Waals surface area contributed by atoms with Crippen LogP contribution in [0.3, 0.4) is 0 Å². The number of hydrazone groups is 1. The van der Waals surface area contributed by atoms with Gasteiger partial charge in [-0.3, -0.25) is 14.4 Å². The van der Waals surface area contributed by atoms with E-state index in [4.69, 9.17) is 9.47 Å². The predicted molar refractivity (Wildman–Crippen MR) is 114 cm³/mol. The van der Waals surface area contributed by atoms with E-state index in [-0.39, 0.29) is 17.1 Å². The Morgan fingerprint density at radius 3 is 2.03 bits per heavy atom. The lowest BCUT2D eigenvalue weighted by atomic mass is 10.1. The summed E-state index contributed by atoms with van der Waals surface area (Å²) in [6.07, 6.45) is 1.36. The van der Waals surface area contributed by atoms with Crippen LogP contribution < -0.4 is 9.47 Å². The van der Waals surface area contributed by atoms with Gasteiger partial charge in [-0.15, -0.1) is 0 Å². The van der Waals surface area contributed by atoms with Gasteiger partial charge in [-0.2, -0.15) is 10.1 Å². The first-order chi connectivity index (χ1) is 15.4. The van der Waals surface area contributed by atoms with E-state index in [0.29, 0.717) is 16.7 Å². The molecule has 1 heterocycles. The third-order valence-electron chi connectivity index (χ3n) is 4.55. The van der Waals surface area contributed by atoms with E-state index in [1.54, 1.807) is 48.5 Å². The summed E-state index contributed by atoms with van der Waals surface area (Å²) >= 11 is 0. The molecule has 0 fully saturated rings. The van der Waals surface area contributed by atoms with Gasteiger partial charge in [0, 0.05) is 6.92 Å². The minimum atomic E-state index is -0.686. The highest BCUT2D eigenvalue weighted by atomic mass is 16.5. The molecule has 1 aliphatic heterocycles. The molecule has 8 nitrogen and oxygen atoms in total. The molecular weight excluding hydrogens is 412 g/mol. The van der Waals surface area contributed by atoms with Crippen LogP contribution in [0.2, 0.25) is 0 Å². The third-order valence-corrected chi connectivity index (χ3v) is 4.55. The third kappa shape index (κ3) is 4.15. The van der Waals surface area contributed by atoms with Crippen molar-refractivity contribution in [1.29, 1.82) is 0 Å². The van der Waals surface area contributed by atoms with Crippen LogP contribution in [-0.2, 0) is 4.79 Å². The normalized spacial score (nSPS) is 12.7. The molecule has 3 aromatic rings. The Bertz CT molecular complexity index is 1230. The number of carbonyl (C=O) groups excluding carboxylic acids is 4. The predicted octanol–water partition coefficient (Wildman–Crippen LogP) is 3.46. The van der Waals surface area contributed by atoms with Crippen LogP contribution in [0.4, 0.5) is 0 Å². The largest absolute Gasteiger partial charge is 0.426 e. The summed E-state index contributed by atoms with van der Waals surface area (Å²) in [5.74, 6) is -1.85. The fourth-order valence-electron chi connectivity index (χ4n) is 3.07. The SMILES string of the molecule is CC(=O)Oc1ccccc1C(=O)Oc1ccc(/C=N\N2C(=O)c3ccccc3C2=O)cc1. The summed E-state index contributed by atoms with van der Waals surface area (Å²) in [5.41, 5.74) is 1.32. The summed E-state index contributed by atoms with van der Waals surface area (Å²) in [7, 11) is 0. The number of para-hydroxylation sites is 1. The molecule has 0 saturated heterocycles. The first-order valence-electron chi connectivity index (χ1n) is 9.55. The number of fused-ring (bicyclic) bond motifs is 1. The highest BCUT2D eigenvalue weighted by Gasteiger charge is 2.35. The van der Waals surface area contributed by atoms with Crippen molar-refractivity contribution in [2.24, 2.45) is 5.10 Å². The van der Waals surface area contributed by atoms with E-state index >= 15 is 0 Å². The Hall–Kier alpha value is -4.59. The summed E-state index contributed by atoms with van der Waals surface area (Å²) < 4.78 is 10.4. The lowest BCUT2D eigenvalue weighted by Crippen LogP contribution is -2.23. The zero-order valence-electron chi connectivity index (χ0n) is 16.8. The van der Waals surface area contributed by atoms with Crippen LogP contribution in [0.5, 0.6) is 11.5 Å². The van der Waals surface area contributed by atoms with Crippen molar-refractivity contribution < 1.29 is 28.7 Å². The fraction of sp³-hybridized carbons (Fsp3) is 0.0417. The van der Waals surface area contributed by atoms with Crippen molar-refractivity contribution in [3.8, 4) is 11.5 Å². The molecule has 158 valence electrons. The molecule has 0 aliphatic carbocycles. The van der Waals surface area contributed by atoms with Gasteiger partial charge >= 0.3 is 11.9 Å². The molecule has 4 rings (SSSR count). The molecule has 0 saturated carbocycles. The highest BCUT2D eigenvalue weighted by molar-refractivity contribution is 6.21. The number of amides is 2. The van der Waals surface area contributed by atoms with Crippen LogP contribution in [0.25, 0.3) is 0 Å². The van der Waals surface area contributed by atoms with Gasteiger partial charge in [0.2, 0.25) is 0 Å². The number of rotatable bonds is 5. The van der Waals surface area contributed by atoms with Crippen molar-refractivity contribution in [3.05, 3.63) is 95.1 Å². The van der Waals surface area contributed by atoms with E-state index in [9.17, 15) is 19.2 Å². The topological polar surface area (TPSA) is 102 Å². The van der Waals surface area contributed by atoms with Gasteiger partial charge in [-0.05, 0) is 54.1 Å². The van der Waals surface area contributed by atoms with Crippen molar-refractivity contribution in [2.75, 3.05) is 0 Å². The molecule has 0 radical (unpaired) electrons. The molecule has 1 aliphatic rings. The number of carbonyl (C=O) groups is 4. The van der Waals surface area contributed by atoms with Gasteiger partial charge < -0.3 is 9.47 Å². The minimum Gasteiger partial charge on any atom is -0.426 e. The molecule has 0 aromatic heterocycles. The average molecular weight is 428 g/mol. The first-order valence-corrected chi connectivity index (χ1v) is 9.55. The van der Waals surface area contributed by atoms with Gasteiger partial charge in [0.15, 0.2) is 0 Å². The van der Waals surface area contributed by atoms with Crippen LogP contribution in [-0.4, -0.2) is 35.0 Å². The van der Waals surface area contributed by atoms with Crippen LogP contribution in [0.1, 0.15) is 43.6 Å². The summed E-state index contributed by atoms with van der Waals surface area (Å²) in [6.45, 7) is 1.24. The Kier molecular flexibility index (Phi) is 5.59. The van der Waals surface area contributed by atoms with Crippen molar-refractivity contribution >= 4 is 30.0 Å². The van der Waals surface area contributed by atoms with Crippen molar-refractivity contribution in [2.45, 2.75) is 6.92 Å². The van der Waals surface area contributed by atoms with Crippen molar-refractivity contribution in [3.63, 3.8) is 0 Å². The molecule has 0 atom stereocenters. The first kappa shape index (κ1) is 20.7. The van der Waals surface area contributed by atoms with E-state index < -0.39 is 23.8 Å². The quantitative estimate of drug-likeness (QED) is 0.267. The molecule has 2 amide bonds. The van der Waals surface area contributed by atoms with E-state index in [2.05, 4.69) is 5.10 Å². The van der Waals surface area contributed by atoms with E-state index in [1.807, 2.05) is 0 Å². The Balaban J connectivity index is 1.44. The molecule has 0 bridgehead atoms. The molecule has 8 heteroatoms. The van der Waals surface area contributed by atoms with Crippen LogP contribution >= 0.6 is 0 Å². The van der Waals surface area contributed by atoms with Crippen LogP contribution in [0, 0.1) is 0 Å². The second-order valence-corrected chi connectivity index (χ2v) is 6.76. The number of nitrogens with zero attached hydrogens (tertiary/aromatic N) is 2. The molecule has 32 heavy (non-hydrogen) atoms. The number of imide groups is 1. The lowest BCUT2D eigenvalue weighted by Gasteiger charge is -2.09. The zero-order chi connectivity index (χ0) is 22.7. The monoisotopic (exact) mass is 428 g/mol. The molecule has 0 spiro atoms. The van der Waals surface area contributed by atoms with Crippen LogP contribution in [0.15, 0.2) is 77.9 Å². The van der Waals surface area contributed by atoms with Gasteiger partial charge in [-0.25, -0.2) is 4.79 Å².